The lowest BCUT2D eigenvalue weighted by Gasteiger charge is -2.19. The van der Waals surface area contributed by atoms with Gasteiger partial charge in [0.2, 0.25) is 0 Å². The first kappa shape index (κ1) is 14.8. The first-order valence-corrected chi connectivity index (χ1v) is 5.01. The van der Waals surface area contributed by atoms with Crippen molar-refractivity contribution < 1.29 is 25.0 Å². The highest BCUT2D eigenvalue weighted by Gasteiger charge is 2.17. The fraction of sp³-hybridized carbons (Fsp3) is 0.778. The third kappa shape index (κ3) is 5.64. The molecular formula is C9H18N2O5. The fourth-order valence-corrected chi connectivity index (χ4v) is 1.12. The average molecular weight is 234 g/mol. The van der Waals surface area contributed by atoms with Crippen molar-refractivity contribution in [2.75, 3.05) is 39.5 Å². The second-order valence-corrected chi connectivity index (χ2v) is 2.99. The molecule has 0 atom stereocenters. The molecule has 16 heavy (non-hydrogen) atoms. The average Bonchev–Trinajstić information content (AvgIpc) is 2.26. The van der Waals surface area contributed by atoms with Crippen molar-refractivity contribution in [3.8, 4) is 0 Å². The van der Waals surface area contributed by atoms with Crippen LogP contribution >= 0.6 is 0 Å². The number of aliphatic hydroxyl groups excluding tert-OH is 2. The molecule has 0 aromatic carbocycles. The first-order valence-electron chi connectivity index (χ1n) is 5.01. The highest BCUT2D eigenvalue weighted by Crippen LogP contribution is 1.92. The van der Waals surface area contributed by atoms with Crippen LogP contribution in [-0.2, 0) is 9.53 Å². The van der Waals surface area contributed by atoms with E-state index in [-0.39, 0.29) is 45.2 Å². The van der Waals surface area contributed by atoms with Crippen LogP contribution in [0.3, 0.4) is 0 Å². The number of carbonyl (C=O) groups excluding carboxylic acids is 1. The summed E-state index contributed by atoms with van der Waals surface area (Å²) >= 11 is 0. The lowest BCUT2D eigenvalue weighted by atomic mass is 10.3. The van der Waals surface area contributed by atoms with Crippen molar-refractivity contribution in [2.24, 2.45) is 5.16 Å². The van der Waals surface area contributed by atoms with E-state index in [1.165, 1.54) is 0 Å². The predicted molar refractivity (Wildman–Crippen MR) is 56.5 cm³/mol. The van der Waals surface area contributed by atoms with Crippen molar-refractivity contribution in [1.82, 2.24) is 4.90 Å². The van der Waals surface area contributed by atoms with Crippen LogP contribution in [0.25, 0.3) is 0 Å². The normalized spacial score (nSPS) is 11.9. The van der Waals surface area contributed by atoms with E-state index >= 15 is 0 Å². The summed E-state index contributed by atoms with van der Waals surface area (Å²) in [6.45, 7) is 2.20. The molecule has 0 amide bonds. The zero-order chi connectivity index (χ0) is 12.4. The number of nitrogens with zero attached hydrogens (tertiary/aromatic N) is 2. The number of hydrogen-bond donors (Lipinski definition) is 3. The summed E-state index contributed by atoms with van der Waals surface area (Å²) in [6.07, 6.45) is 0. The molecule has 3 N–H and O–H groups in total. The standard InChI is InChI=1S/C9H18N2O5/c1-2-16-9(14)8(10-15)7-11(3-5-12)4-6-13/h12-13,15H,2-7H2,1H3. The summed E-state index contributed by atoms with van der Waals surface area (Å²) < 4.78 is 4.67. The van der Waals surface area contributed by atoms with Crippen molar-refractivity contribution >= 4 is 11.7 Å². The highest BCUT2D eigenvalue weighted by atomic mass is 16.5. The number of oxime groups is 1. The third-order valence-corrected chi connectivity index (χ3v) is 1.84. The molecule has 7 heteroatoms. The zero-order valence-corrected chi connectivity index (χ0v) is 9.30. The number of hydrogen-bond acceptors (Lipinski definition) is 7. The molecule has 0 aromatic rings. The van der Waals surface area contributed by atoms with Gasteiger partial charge >= 0.3 is 5.97 Å². The molecule has 0 unspecified atom stereocenters. The quantitative estimate of drug-likeness (QED) is 0.208. The van der Waals surface area contributed by atoms with E-state index in [2.05, 4.69) is 9.89 Å². The summed E-state index contributed by atoms with van der Waals surface area (Å²) in [6, 6.07) is 0. The monoisotopic (exact) mass is 234 g/mol. The Kier molecular flexibility index (Phi) is 8.41. The SMILES string of the molecule is CCOC(=O)C(CN(CCO)CCO)=NO. The molecule has 0 aliphatic heterocycles. The number of ether oxygens (including phenoxy) is 1. The molecule has 0 fully saturated rings. The number of esters is 1. The summed E-state index contributed by atoms with van der Waals surface area (Å²) in [5.41, 5.74) is -0.149. The van der Waals surface area contributed by atoms with Gasteiger partial charge < -0.3 is 20.2 Å². The van der Waals surface area contributed by atoms with Crippen LogP contribution in [0.5, 0.6) is 0 Å². The minimum Gasteiger partial charge on any atom is -0.461 e. The van der Waals surface area contributed by atoms with E-state index in [0.29, 0.717) is 0 Å². The van der Waals surface area contributed by atoms with Gasteiger partial charge in [0.1, 0.15) is 0 Å². The van der Waals surface area contributed by atoms with Crippen LogP contribution < -0.4 is 0 Å². The van der Waals surface area contributed by atoms with Gasteiger partial charge in [-0.25, -0.2) is 4.79 Å². The van der Waals surface area contributed by atoms with Gasteiger partial charge in [0.15, 0.2) is 5.71 Å². The molecule has 0 rings (SSSR count). The lowest BCUT2D eigenvalue weighted by molar-refractivity contribution is -0.135. The molecular weight excluding hydrogens is 216 g/mol. The van der Waals surface area contributed by atoms with Crippen molar-refractivity contribution in [3.63, 3.8) is 0 Å². The van der Waals surface area contributed by atoms with E-state index in [4.69, 9.17) is 15.4 Å². The van der Waals surface area contributed by atoms with Crippen LogP contribution in [0, 0.1) is 0 Å². The Morgan fingerprint density at radius 1 is 1.31 bits per heavy atom. The minimum absolute atomic E-state index is 0.0243. The van der Waals surface area contributed by atoms with E-state index in [1.807, 2.05) is 0 Å². The first-order chi connectivity index (χ1) is 7.69. The van der Waals surface area contributed by atoms with Gasteiger partial charge in [-0.2, -0.15) is 0 Å². The Hall–Kier alpha value is -1.18. The zero-order valence-electron chi connectivity index (χ0n) is 9.30. The van der Waals surface area contributed by atoms with Gasteiger partial charge in [-0.15, -0.1) is 0 Å². The van der Waals surface area contributed by atoms with Crippen LogP contribution in [0.2, 0.25) is 0 Å². The highest BCUT2D eigenvalue weighted by molar-refractivity contribution is 6.37. The van der Waals surface area contributed by atoms with Gasteiger partial charge in [-0.3, -0.25) is 4.90 Å². The van der Waals surface area contributed by atoms with Crippen molar-refractivity contribution in [1.29, 1.82) is 0 Å². The fourth-order valence-electron chi connectivity index (χ4n) is 1.12. The Morgan fingerprint density at radius 2 is 1.88 bits per heavy atom. The smallest absolute Gasteiger partial charge is 0.357 e. The van der Waals surface area contributed by atoms with Gasteiger partial charge in [0.05, 0.1) is 26.4 Å². The maximum Gasteiger partial charge on any atom is 0.357 e. The predicted octanol–water partition coefficient (Wildman–Crippen LogP) is -1.33. The summed E-state index contributed by atoms with van der Waals surface area (Å²) in [5.74, 6) is -0.703. The van der Waals surface area contributed by atoms with Crippen molar-refractivity contribution in [2.45, 2.75) is 6.92 Å². The second kappa shape index (κ2) is 9.08. The third-order valence-electron chi connectivity index (χ3n) is 1.84. The Labute approximate surface area is 93.9 Å². The molecule has 0 aliphatic carbocycles. The Morgan fingerprint density at radius 3 is 2.25 bits per heavy atom. The molecule has 0 saturated heterocycles. The number of carbonyl (C=O) groups is 1. The van der Waals surface area contributed by atoms with Gasteiger partial charge in [0, 0.05) is 13.1 Å². The molecule has 0 aliphatic rings. The number of aliphatic hydroxyl groups is 2. The molecule has 0 spiro atoms. The van der Waals surface area contributed by atoms with E-state index in [9.17, 15) is 4.79 Å². The molecule has 0 aromatic heterocycles. The Bertz CT molecular complexity index is 226. The van der Waals surface area contributed by atoms with Crippen molar-refractivity contribution in [3.05, 3.63) is 0 Å². The molecule has 0 radical (unpaired) electrons. The molecule has 0 bridgehead atoms. The second-order valence-electron chi connectivity index (χ2n) is 2.99. The van der Waals surface area contributed by atoms with Crippen LogP contribution in [0.1, 0.15) is 6.92 Å². The largest absolute Gasteiger partial charge is 0.461 e. The van der Waals surface area contributed by atoms with Gasteiger partial charge in [-0.1, -0.05) is 5.16 Å². The summed E-state index contributed by atoms with van der Waals surface area (Å²) in [4.78, 5) is 12.8. The maximum atomic E-state index is 11.3. The van der Waals surface area contributed by atoms with E-state index < -0.39 is 5.97 Å². The Balaban J connectivity index is 4.31. The molecule has 0 saturated carbocycles. The van der Waals surface area contributed by atoms with Crippen LogP contribution in [0.15, 0.2) is 5.16 Å². The number of rotatable bonds is 8. The van der Waals surface area contributed by atoms with E-state index in [0.717, 1.165) is 0 Å². The van der Waals surface area contributed by atoms with Gasteiger partial charge in [-0.05, 0) is 6.92 Å². The maximum absolute atomic E-state index is 11.3. The molecule has 94 valence electrons. The van der Waals surface area contributed by atoms with Gasteiger partial charge in [0.25, 0.3) is 0 Å². The molecule has 0 heterocycles. The summed E-state index contributed by atoms with van der Waals surface area (Å²) in [7, 11) is 0. The van der Waals surface area contributed by atoms with Crippen LogP contribution in [-0.4, -0.2) is 71.5 Å². The lowest BCUT2D eigenvalue weighted by Crippen LogP contribution is -2.38. The topological polar surface area (TPSA) is 103 Å². The van der Waals surface area contributed by atoms with Crippen LogP contribution in [0.4, 0.5) is 0 Å². The summed E-state index contributed by atoms with van der Waals surface area (Å²) in [5, 5.41) is 29.0. The minimum atomic E-state index is -0.703. The van der Waals surface area contributed by atoms with E-state index in [1.54, 1.807) is 11.8 Å². The molecule has 7 nitrogen and oxygen atoms in total.